The number of thioether (sulfide) groups is 1. The van der Waals surface area contributed by atoms with Crippen molar-refractivity contribution in [1.82, 2.24) is 9.97 Å². The average molecular weight is 344 g/mol. The smallest absolute Gasteiger partial charge is 0.234 e. The molecule has 0 radical (unpaired) electrons. The Balaban J connectivity index is 1.99. The predicted molar refractivity (Wildman–Crippen MR) is 86.7 cm³/mol. The van der Waals surface area contributed by atoms with E-state index in [0.717, 1.165) is 11.8 Å². The maximum absolute atomic E-state index is 11.9. The highest BCUT2D eigenvalue weighted by Crippen LogP contribution is 2.30. The summed E-state index contributed by atoms with van der Waals surface area (Å²) in [5, 5.41) is 3.70. The molecule has 0 unspecified atom stereocenters. The van der Waals surface area contributed by atoms with E-state index in [-0.39, 0.29) is 23.3 Å². The van der Waals surface area contributed by atoms with E-state index in [1.165, 1.54) is 6.07 Å². The van der Waals surface area contributed by atoms with Crippen molar-refractivity contribution in [1.29, 1.82) is 0 Å². The lowest BCUT2D eigenvalue weighted by atomic mass is 10.3. The van der Waals surface area contributed by atoms with Gasteiger partial charge in [-0.15, -0.1) is 0 Å². The maximum Gasteiger partial charge on any atom is 0.234 e. The first kappa shape index (κ1) is 15.7. The van der Waals surface area contributed by atoms with Gasteiger partial charge in [-0.25, -0.2) is 9.97 Å². The number of anilines is 3. The fraction of sp³-hybridized carbons (Fsp3) is 0.0833. The summed E-state index contributed by atoms with van der Waals surface area (Å²) in [4.78, 5) is 19.8. The van der Waals surface area contributed by atoms with Gasteiger partial charge >= 0.3 is 0 Å². The molecular weight excluding hydrogens is 333 g/mol. The molecule has 1 amide bonds. The molecule has 0 aliphatic carbocycles. The number of aromatic nitrogens is 2. The summed E-state index contributed by atoms with van der Waals surface area (Å²) < 4.78 is 0. The van der Waals surface area contributed by atoms with Gasteiger partial charge in [0, 0.05) is 6.07 Å². The molecule has 6 nitrogen and oxygen atoms in total. The van der Waals surface area contributed by atoms with Crippen molar-refractivity contribution in [2.45, 2.75) is 5.16 Å². The van der Waals surface area contributed by atoms with Crippen molar-refractivity contribution in [3.63, 3.8) is 0 Å². The third-order valence-electron chi connectivity index (χ3n) is 2.30. The molecule has 5 N–H and O–H groups in total. The van der Waals surface area contributed by atoms with Gasteiger partial charge in [0.15, 0.2) is 5.16 Å². The molecule has 0 spiro atoms. The normalized spacial score (nSPS) is 10.4. The van der Waals surface area contributed by atoms with Gasteiger partial charge in [-0.3, -0.25) is 4.79 Å². The van der Waals surface area contributed by atoms with Crippen molar-refractivity contribution in [2.75, 3.05) is 22.5 Å². The topological polar surface area (TPSA) is 107 Å². The lowest BCUT2D eigenvalue weighted by Crippen LogP contribution is -2.15. The number of hydrogen-bond donors (Lipinski definition) is 3. The Morgan fingerprint density at radius 3 is 2.33 bits per heavy atom. The second-order valence-corrected chi connectivity index (χ2v) is 5.69. The fourth-order valence-corrected chi connectivity index (χ4v) is 2.61. The summed E-state index contributed by atoms with van der Waals surface area (Å²) in [5.41, 5.74) is 11.5. The number of halogens is 2. The van der Waals surface area contributed by atoms with E-state index in [0.29, 0.717) is 20.9 Å². The molecule has 9 heteroatoms. The van der Waals surface area contributed by atoms with Crippen molar-refractivity contribution in [3.8, 4) is 0 Å². The molecule has 21 heavy (non-hydrogen) atoms. The third-order valence-corrected chi connectivity index (χ3v) is 3.78. The lowest BCUT2D eigenvalue weighted by molar-refractivity contribution is -0.113. The van der Waals surface area contributed by atoms with Crippen LogP contribution in [0.2, 0.25) is 10.0 Å². The van der Waals surface area contributed by atoms with Crippen LogP contribution in [0.25, 0.3) is 0 Å². The van der Waals surface area contributed by atoms with Gasteiger partial charge in [0.25, 0.3) is 0 Å². The molecule has 0 aliphatic heterocycles. The molecule has 0 saturated heterocycles. The number of nitrogens with zero attached hydrogens (tertiary/aromatic N) is 2. The number of carbonyl (C=O) groups excluding carboxylic acids is 1. The zero-order valence-corrected chi connectivity index (χ0v) is 13.0. The molecule has 2 aromatic rings. The minimum atomic E-state index is -0.292. The number of rotatable bonds is 4. The Bertz CT molecular complexity index is 642. The monoisotopic (exact) mass is 343 g/mol. The predicted octanol–water partition coefficient (Wildman–Crippen LogP) is 2.68. The van der Waals surface area contributed by atoms with Crippen LogP contribution in [0.1, 0.15) is 0 Å². The minimum Gasteiger partial charge on any atom is -0.383 e. The lowest BCUT2D eigenvalue weighted by Gasteiger charge is -2.08. The van der Waals surface area contributed by atoms with Crippen LogP contribution in [0.5, 0.6) is 0 Å². The van der Waals surface area contributed by atoms with Crippen LogP contribution >= 0.6 is 35.0 Å². The van der Waals surface area contributed by atoms with Crippen molar-refractivity contribution >= 4 is 58.2 Å². The Kier molecular flexibility index (Phi) is 5.11. The van der Waals surface area contributed by atoms with Gasteiger partial charge in [-0.2, -0.15) is 0 Å². The van der Waals surface area contributed by atoms with E-state index in [2.05, 4.69) is 15.3 Å². The van der Waals surface area contributed by atoms with Crippen LogP contribution in [0.3, 0.4) is 0 Å². The van der Waals surface area contributed by atoms with Crippen LogP contribution in [-0.2, 0) is 4.79 Å². The summed E-state index contributed by atoms with van der Waals surface area (Å²) >= 11 is 13.0. The van der Waals surface area contributed by atoms with Crippen LogP contribution in [0.15, 0.2) is 29.4 Å². The molecule has 1 aromatic carbocycles. The van der Waals surface area contributed by atoms with E-state index in [9.17, 15) is 4.79 Å². The number of amides is 1. The standard InChI is InChI=1S/C12H11Cl2N5OS/c13-6-2-1-3-7(14)11(6)19-10(20)5-21-12-17-8(15)4-9(16)18-12/h1-4H,5H2,(H,19,20)(H4,15,16,17,18). The van der Waals surface area contributed by atoms with Crippen molar-refractivity contribution in [3.05, 3.63) is 34.3 Å². The van der Waals surface area contributed by atoms with Crippen molar-refractivity contribution < 1.29 is 4.79 Å². The van der Waals surface area contributed by atoms with Crippen LogP contribution < -0.4 is 16.8 Å². The first-order chi connectivity index (χ1) is 9.95. The maximum atomic E-state index is 11.9. The minimum absolute atomic E-state index is 0.0739. The molecular formula is C12H11Cl2N5OS. The Morgan fingerprint density at radius 1 is 1.19 bits per heavy atom. The van der Waals surface area contributed by atoms with Gasteiger partial charge in [-0.05, 0) is 12.1 Å². The molecule has 2 rings (SSSR count). The highest BCUT2D eigenvalue weighted by atomic mass is 35.5. The molecule has 0 aliphatic rings. The highest BCUT2D eigenvalue weighted by Gasteiger charge is 2.11. The number of benzene rings is 1. The third kappa shape index (κ3) is 4.38. The summed E-state index contributed by atoms with van der Waals surface area (Å²) in [6.45, 7) is 0. The molecule has 0 saturated carbocycles. The van der Waals surface area contributed by atoms with Crippen LogP contribution in [0.4, 0.5) is 17.3 Å². The highest BCUT2D eigenvalue weighted by molar-refractivity contribution is 7.99. The fourth-order valence-electron chi connectivity index (χ4n) is 1.45. The summed E-state index contributed by atoms with van der Waals surface area (Å²) in [5.74, 6) is 0.281. The van der Waals surface area contributed by atoms with E-state index in [1.54, 1.807) is 18.2 Å². The zero-order chi connectivity index (χ0) is 15.4. The van der Waals surface area contributed by atoms with E-state index in [1.807, 2.05) is 0 Å². The molecule has 0 bridgehead atoms. The van der Waals surface area contributed by atoms with Crippen LogP contribution in [0, 0.1) is 0 Å². The second-order valence-electron chi connectivity index (χ2n) is 3.93. The second kappa shape index (κ2) is 6.84. The first-order valence-corrected chi connectivity index (χ1v) is 7.46. The van der Waals surface area contributed by atoms with Crippen molar-refractivity contribution in [2.24, 2.45) is 0 Å². The summed E-state index contributed by atoms with van der Waals surface area (Å²) in [6, 6.07) is 6.40. The van der Waals surface area contributed by atoms with Gasteiger partial charge < -0.3 is 16.8 Å². The number of nitrogens with one attached hydrogen (secondary N) is 1. The van der Waals surface area contributed by atoms with E-state index < -0.39 is 0 Å². The first-order valence-electron chi connectivity index (χ1n) is 5.72. The number of hydrogen-bond acceptors (Lipinski definition) is 6. The van der Waals surface area contributed by atoms with Gasteiger partial charge in [0.1, 0.15) is 11.6 Å². The Hall–Kier alpha value is -1.70. The quantitative estimate of drug-likeness (QED) is 0.581. The Labute approximate surface area is 135 Å². The zero-order valence-electron chi connectivity index (χ0n) is 10.6. The van der Waals surface area contributed by atoms with Gasteiger partial charge in [-0.1, -0.05) is 41.0 Å². The molecule has 0 fully saturated rings. The summed E-state index contributed by atoms with van der Waals surface area (Å²) in [6.07, 6.45) is 0. The molecule has 1 aromatic heterocycles. The Morgan fingerprint density at radius 2 is 1.76 bits per heavy atom. The summed E-state index contributed by atoms with van der Waals surface area (Å²) in [7, 11) is 0. The van der Waals surface area contributed by atoms with Crippen LogP contribution in [-0.4, -0.2) is 21.6 Å². The average Bonchev–Trinajstić information content (AvgIpc) is 2.40. The van der Waals surface area contributed by atoms with E-state index in [4.69, 9.17) is 34.7 Å². The largest absolute Gasteiger partial charge is 0.383 e. The molecule has 0 atom stereocenters. The SMILES string of the molecule is Nc1cc(N)nc(SCC(=O)Nc2c(Cl)cccc2Cl)n1. The molecule has 1 heterocycles. The van der Waals surface area contributed by atoms with E-state index >= 15 is 0 Å². The number of para-hydroxylation sites is 1. The van der Waals surface area contributed by atoms with Gasteiger partial charge in [0.05, 0.1) is 21.5 Å². The number of nitrogens with two attached hydrogens (primary N) is 2. The molecule has 110 valence electrons. The van der Waals surface area contributed by atoms with Gasteiger partial charge in [0.2, 0.25) is 5.91 Å². The number of nitrogen functional groups attached to an aromatic ring is 2. The number of carbonyl (C=O) groups is 1.